The van der Waals surface area contributed by atoms with Gasteiger partial charge in [-0.3, -0.25) is 0 Å². The number of hydrogen-bond acceptors (Lipinski definition) is 2. The van der Waals surface area contributed by atoms with Gasteiger partial charge in [-0.25, -0.2) is 0 Å². The van der Waals surface area contributed by atoms with Gasteiger partial charge in [-0.2, -0.15) is 0 Å². The van der Waals surface area contributed by atoms with Crippen LogP contribution < -0.4 is 5.73 Å². The van der Waals surface area contributed by atoms with E-state index >= 15 is 0 Å². The van der Waals surface area contributed by atoms with Crippen LogP contribution in [0, 0.1) is 11.3 Å². The smallest absolute Gasteiger partial charge is 0.0484 e. The van der Waals surface area contributed by atoms with Gasteiger partial charge in [-0.15, -0.1) is 0 Å². The van der Waals surface area contributed by atoms with Crippen LogP contribution in [0.25, 0.3) is 0 Å². The predicted octanol–water partition coefficient (Wildman–Crippen LogP) is 5.67. The second-order valence-electron chi connectivity index (χ2n) is 7.81. The highest BCUT2D eigenvalue weighted by Crippen LogP contribution is 2.29. The first-order valence-electron chi connectivity index (χ1n) is 9.85. The third kappa shape index (κ3) is 10.6. The van der Waals surface area contributed by atoms with E-state index in [-0.39, 0.29) is 5.41 Å². The van der Waals surface area contributed by atoms with Crippen molar-refractivity contribution in [3.8, 4) is 0 Å². The molecule has 0 fully saturated rings. The lowest BCUT2D eigenvalue weighted by molar-refractivity contribution is 0.119. The molecular weight excluding hydrogens is 270 g/mol. The normalized spacial score (nSPS) is 17.2. The van der Waals surface area contributed by atoms with Gasteiger partial charge in [0, 0.05) is 12.6 Å². The number of aliphatic hydroxyl groups excluding tert-OH is 1. The highest BCUT2D eigenvalue weighted by atomic mass is 16.3. The Kier molecular flexibility index (Phi) is 13.3. The Bertz CT molecular complexity index is 244. The Hall–Kier alpha value is -0.0800. The highest BCUT2D eigenvalue weighted by Gasteiger charge is 2.21. The van der Waals surface area contributed by atoms with Crippen molar-refractivity contribution >= 4 is 0 Å². The van der Waals surface area contributed by atoms with Gasteiger partial charge < -0.3 is 10.8 Å². The van der Waals surface area contributed by atoms with E-state index in [0.29, 0.717) is 18.6 Å². The fraction of sp³-hybridized carbons (Fsp3) is 1.00. The minimum absolute atomic E-state index is 0.164. The van der Waals surface area contributed by atoms with Crippen LogP contribution >= 0.6 is 0 Å². The predicted molar refractivity (Wildman–Crippen MR) is 99.1 cm³/mol. The summed E-state index contributed by atoms with van der Waals surface area (Å²) in [5, 5.41) is 9.51. The van der Waals surface area contributed by atoms with Gasteiger partial charge in [0.1, 0.15) is 0 Å². The summed E-state index contributed by atoms with van der Waals surface area (Å²) in [5.74, 6) is 0.680. The first-order chi connectivity index (χ1) is 10.5. The summed E-state index contributed by atoms with van der Waals surface area (Å²) in [6.45, 7) is 9.32. The van der Waals surface area contributed by atoms with E-state index < -0.39 is 0 Å². The van der Waals surface area contributed by atoms with Gasteiger partial charge in [0.2, 0.25) is 0 Å². The molecule has 0 heterocycles. The van der Waals surface area contributed by atoms with Gasteiger partial charge in [0.25, 0.3) is 0 Å². The molecule has 0 aliphatic heterocycles. The molecule has 2 nitrogen and oxygen atoms in total. The maximum atomic E-state index is 9.51. The lowest BCUT2D eigenvalue weighted by Gasteiger charge is -2.26. The molecule has 0 aromatic carbocycles. The third-order valence-corrected chi connectivity index (χ3v) is 5.28. The first-order valence-corrected chi connectivity index (χ1v) is 9.85. The first kappa shape index (κ1) is 21.9. The molecule has 3 atom stereocenters. The molecule has 0 amide bonds. The van der Waals surface area contributed by atoms with E-state index in [9.17, 15) is 5.11 Å². The van der Waals surface area contributed by atoms with Crippen molar-refractivity contribution in [2.45, 2.75) is 111 Å². The maximum Gasteiger partial charge on any atom is 0.0484 e. The van der Waals surface area contributed by atoms with Crippen LogP contribution in [0.3, 0.4) is 0 Å². The molecule has 0 radical (unpaired) electrons. The number of hydrogen-bond donors (Lipinski definition) is 2. The van der Waals surface area contributed by atoms with Crippen LogP contribution in [0.15, 0.2) is 0 Å². The highest BCUT2D eigenvalue weighted by molar-refractivity contribution is 4.72. The minimum Gasteiger partial charge on any atom is -0.396 e. The monoisotopic (exact) mass is 313 g/mol. The molecule has 2 heteroatoms. The van der Waals surface area contributed by atoms with Crippen LogP contribution in [-0.2, 0) is 0 Å². The average molecular weight is 314 g/mol. The number of rotatable bonds is 15. The van der Waals surface area contributed by atoms with Crippen molar-refractivity contribution in [2.24, 2.45) is 17.1 Å². The van der Waals surface area contributed by atoms with Crippen LogP contribution in [-0.4, -0.2) is 17.8 Å². The molecule has 0 bridgehead atoms. The Morgan fingerprint density at radius 1 is 0.864 bits per heavy atom. The minimum atomic E-state index is 0.164. The van der Waals surface area contributed by atoms with E-state index in [0.717, 1.165) is 6.42 Å². The van der Waals surface area contributed by atoms with Crippen molar-refractivity contribution in [3.63, 3.8) is 0 Å². The van der Waals surface area contributed by atoms with Gasteiger partial charge in [-0.1, -0.05) is 79.1 Å². The van der Waals surface area contributed by atoms with Gasteiger partial charge >= 0.3 is 0 Å². The SMILES string of the molecule is CCCC(C)C(N)CCCCCCCCC(C)(CO)CCC. The van der Waals surface area contributed by atoms with Crippen LogP contribution in [0.1, 0.15) is 105 Å². The van der Waals surface area contributed by atoms with Crippen molar-refractivity contribution in [2.75, 3.05) is 6.61 Å². The summed E-state index contributed by atoms with van der Waals surface area (Å²) in [7, 11) is 0. The summed E-state index contributed by atoms with van der Waals surface area (Å²) in [6.07, 6.45) is 15.1. The van der Waals surface area contributed by atoms with E-state index in [1.165, 1.54) is 70.6 Å². The zero-order valence-electron chi connectivity index (χ0n) is 15.9. The summed E-state index contributed by atoms with van der Waals surface area (Å²) in [4.78, 5) is 0. The summed E-state index contributed by atoms with van der Waals surface area (Å²) in [5.41, 5.74) is 6.40. The molecule has 22 heavy (non-hydrogen) atoms. The van der Waals surface area contributed by atoms with Gasteiger partial charge in [0.05, 0.1) is 0 Å². The Balaban J connectivity index is 3.51. The topological polar surface area (TPSA) is 46.2 Å². The van der Waals surface area contributed by atoms with Gasteiger partial charge in [-0.05, 0) is 37.0 Å². The van der Waals surface area contributed by atoms with Crippen LogP contribution in [0.2, 0.25) is 0 Å². The average Bonchev–Trinajstić information content (AvgIpc) is 2.50. The van der Waals surface area contributed by atoms with E-state index in [4.69, 9.17) is 5.73 Å². The van der Waals surface area contributed by atoms with Crippen molar-refractivity contribution in [1.82, 2.24) is 0 Å². The third-order valence-electron chi connectivity index (χ3n) is 5.28. The fourth-order valence-electron chi connectivity index (χ4n) is 3.48. The van der Waals surface area contributed by atoms with E-state index in [1.807, 2.05) is 0 Å². The zero-order valence-corrected chi connectivity index (χ0v) is 15.9. The quantitative estimate of drug-likeness (QED) is 0.383. The molecule has 0 saturated heterocycles. The fourth-order valence-corrected chi connectivity index (χ4v) is 3.48. The number of unbranched alkanes of at least 4 members (excludes halogenated alkanes) is 5. The van der Waals surface area contributed by atoms with E-state index in [2.05, 4.69) is 27.7 Å². The van der Waals surface area contributed by atoms with Crippen LogP contribution in [0.5, 0.6) is 0 Å². The molecule has 3 N–H and O–H groups in total. The van der Waals surface area contributed by atoms with Crippen molar-refractivity contribution < 1.29 is 5.11 Å². The maximum absolute atomic E-state index is 9.51. The lowest BCUT2D eigenvalue weighted by atomic mass is 9.81. The van der Waals surface area contributed by atoms with Crippen LogP contribution in [0.4, 0.5) is 0 Å². The summed E-state index contributed by atoms with van der Waals surface area (Å²) < 4.78 is 0. The number of aliphatic hydroxyl groups is 1. The molecule has 0 aromatic rings. The molecule has 134 valence electrons. The van der Waals surface area contributed by atoms with Gasteiger partial charge in [0.15, 0.2) is 0 Å². The second kappa shape index (κ2) is 13.4. The molecule has 0 saturated carbocycles. The Morgan fingerprint density at radius 2 is 1.45 bits per heavy atom. The molecular formula is C20H43NO. The largest absolute Gasteiger partial charge is 0.396 e. The summed E-state index contributed by atoms with van der Waals surface area (Å²) in [6, 6.07) is 0.402. The lowest BCUT2D eigenvalue weighted by Crippen LogP contribution is -2.27. The zero-order chi connectivity index (χ0) is 16.8. The summed E-state index contributed by atoms with van der Waals surface area (Å²) >= 11 is 0. The van der Waals surface area contributed by atoms with Crippen molar-refractivity contribution in [3.05, 3.63) is 0 Å². The number of nitrogens with two attached hydrogens (primary N) is 1. The van der Waals surface area contributed by atoms with E-state index in [1.54, 1.807) is 0 Å². The molecule has 0 aromatic heterocycles. The molecule has 0 spiro atoms. The standard InChI is InChI=1S/C20H43NO/c1-5-13-18(3)19(21)14-11-9-7-8-10-12-16-20(4,17-22)15-6-2/h18-19,22H,5-17,21H2,1-4H3. The molecule has 3 unspecified atom stereocenters. The Morgan fingerprint density at radius 3 is 2.00 bits per heavy atom. The molecule has 0 rings (SSSR count). The second-order valence-corrected chi connectivity index (χ2v) is 7.81. The molecule has 0 aliphatic carbocycles. The van der Waals surface area contributed by atoms with Crippen molar-refractivity contribution in [1.29, 1.82) is 0 Å². The Labute approximate surface area is 140 Å². The molecule has 0 aliphatic rings.